The molecule has 1 aliphatic heterocycles. The first kappa shape index (κ1) is 8.09. The van der Waals surface area contributed by atoms with Crippen molar-refractivity contribution in [3.63, 3.8) is 0 Å². The van der Waals surface area contributed by atoms with Crippen LogP contribution in [0.5, 0.6) is 0 Å². The molecule has 1 aliphatic carbocycles. The summed E-state index contributed by atoms with van der Waals surface area (Å²) in [5.41, 5.74) is 13.2. The molecule has 1 heterocycles. The summed E-state index contributed by atoms with van der Waals surface area (Å²) in [5, 5.41) is 0. The lowest BCUT2D eigenvalue weighted by Gasteiger charge is -2.01. The molecule has 15 heavy (non-hydrogen) atoms. The Balaban J connectivity index is 2.29. The monoisotopic (exact) mass is 193 g/mol. The molecular formula is C12H7N3. The smallest absolute Gasteiger partial charge is 0.341 e. The average molecular weight is 193 g/mol. The third-order valence-corrected chi connectivity index (χ3v) is 2.55. The Labute approximate surface area is 86.7 Å². The van der Waals surface area contributed by atoms with Crippen LogP contribution in [0.15, 0.2) is 47.5 Å². The molecule has 0 bridgehead atoms. The van der Waals surface area contributed by atoms with Gasteiger partial charge in [-0.05, 0) is 6.07 Å². The van der Waals surface area contributed by atoms with E-state index in [0.29, 0.717) is 5.71 Å². The van der Waals surface area contributed by atoms with Crippen LogP contribution in [0.4, 0.5) is 5.69 Å². The Morgan fingerprint density at radius 3 is 2.93 bits per heavy atom. The van der Waals surface area contributed by atoms with E-state index in [9.17, 15) is 0 Å². The predicted molar refractivity (Wildman–Crippen MR) is 59.3 cm³/mol. The number of aliphatic imine (C=N–C) groups is 1. The average Bonchev–Trinajstić information content (AvgIpc) is 2.67. The van der Waals surface area contributed by atoms with Gasteiger partial charge in [0.25, 0.3) is 0 Å². The van der Waals surface area contributed by atoms with Crippen LogP contribution < -0.4 is 0 Å². The van der Waals surface area contributed by atoms with Crippen molar-refractivity contribution in [1.29, 1.82) is 0 Å². The van der Waals surface area contributed by atoms with Gasteiger partial charge < -0.3 is 5.53 Å². The molecule has 0 saturated carbocycles. The molecule has 1 aromatic rings. The van der Waals surface area contributed by atoms with Crippen molar-refractivity contribution in [3.8, 4) is 0 Å². The molecule has 0 saturated heterocycles. The van der Waals surface area contributed by atoms with Crippen molar-refractivity contribution < 1.29 is 4.79 Å². The van der Waals surface area contributed by atoms with Gasteiger partial charge in [0.2, 0.25) is 0 Å². The van der Waals surface area contributed by atoms with Gasteiger partial charge in [0.05, 0.1) is 5.69 Å². The molecule has 0 amide bonds. The van der Waals surface area contributed by atoms with Crippen LogP contribution in [0.25, 0.3) is 11.1 Å². The fourth-order valence-corrected chi connectivity index (χ4v) is 1.87. The molecule has 0 aromatic heterocycles. The summed E-state index contributed by atoms with van der Waals surface area (Å²) in [6.07, 6.45) is 5.60. The number of allylic oxidation sites excluding steroid dienone is 4. The second-order valence-electron chi connectivity index (χ2n) is 3.40. The Hall–Kier alpha value is -2.25. The molecule has 3 rings (SSSR count). The second kappa shape index (κ2) is 2.87. The highest BCUT2D eigenvalue weighted by molar-refractivity contribution is 6.62. The normalized spacial score (nSPS) is 16.4. The minimum absolute atomic E-state index is 0.517. The molecule has 1 aromatic carbocycles. The quantitative estimate of drug-likeness (QED) is 0.345. The Morgan fingerprint density at radius 1 is 1.20 bits per heavy atom. The molecule has 70 valence electrons. The molecule has 2 aliphatic rings. The van der Waals surface area contributed by atoms with Crippen molar-refractivity contribution in [2.45, 2.75) is 0 Å². The van der Waals surface area contributed by atoms with Gasteiger partial charge in [0.15, 0.2) is 5.71 Å². The zero-order chi connectivity index (χ0) is 10.3. The van der Waals surface area contributed by atoms with E-state index in [1.54, 1.807) is 6.08 Å². The molecule has 0 spiro atoms. The number of rotatable bonds is 0. The Kier molecular flexibility index (Phi) is 1.55. The number of hydrogen-bond donors (Lipinski definition) is 0. The van der Waals surface area contributed by atoms with Gasteiger partial charge in [-0.1, -0.05) is 30.4 Å². The summed E-state index contributed by atoms with van der Waals surface area (Å²) in [7, 11) is 0. The van der Waals surface area contributed by atoms with E-state index in [1.165, 1.54) is 0 Å². The highest BCUT2D eigenvalue weighted by Crippen LogP contribution is 2.35. The first-order chi connectivity index (χ1) is 7.40. The van der Waals surface area contributed by atoms with Crippen molar-refractivity contribution in [2.24, 2.45) is 4.99 Å². The minimum atomic E-state index is 0.517. The summed E-state index contributed by atoms with van der Waals surface area (Å²) in [6.45, 7) is 0. The topological polar surface area (TPSA) is 48.8 Å². The summed E-state index contributed by atoms with van der Waals surface area (Å²) in [6, 6.07) is 7.90. The van der Waals surface area contributed by atoms with Gasteiger partial charge in [-0.25, -0.2) is 4.99 Å². The highest BCUT2D eigenvalue weighted by Gasteiger charge is 2.29. The first-order valence-electron chi connectivity index (χ1n) is 4.69. The van der Waals surface area contributed by atoms with Crippen LogP contribution >= 0.6 is 0 Å². The van der Waals surface area contributed by atoms with Crippen molar-refractivity contribution >= 4 is 22.7 Å². The van der Waals surface area contributed by atoms with Crippen LogP contribution in [0.3, 0.4) is 0 Å². The summed E-state index contributed by atoms with van der Waals surface area (Å²) < 4.78 is 0. The number of para-hydroxylation sites is 1. The molecule has 0 fully saturated rings. The van der Waals surface area contributed by atoms with E-state index in [1.807, 2.05) is 36.4 Å². The zero-order valence-electron chi connectivity index (χ0n) is 7.88. The molecule has 0 radical (unpaired) electrons. The predicted octanol–water partition coefficient (Wildman–Crippen LogP) is 2.40. The van der Waals surface area contributed by atoms with Crippen molar-refractivity contribution in [3.05, 3.63) is 53.6 Å². The SMILES string of the molecule is [N-]=[N+]=C1C=CC=C2C1=Nc1ccccc12. The van der Waals surface area contributed by atoms with E-state index < -0.39 is 0 Å². The maximum atomic E-state index is 8.85. The minimum Gasteiger partial charge on any atom is -0.361 e. The maximum Gasteiger partial charge on any atom is 0.341 e. The summed E-state index contributed by atoms with van der Waals surface area (Å²) in [4.78, 5) is 7.66. The fraction of sp³-hybridized carbons (Fsp3) is 0. The van der Waals surface area contributed by atoms with Gasteiger partial charge in [-0.15, -0.1) is 0 Å². The number of fused-ring (bicyclic) bond motifs is 3. The third kappa shape index (κ3) is 1.04. The van der Waals surface area contributed by atoms with Gasteiger partial charge in [0, 0.05) is 17.2 Å². The van der Waals surface area contributed by atoms with Gasteiger partial charge in [-0.3, -0.25) is 0 Å². The standard InChI is InChI=1S/C12H7N3/c13-15-11-7-3-5-9-8-4-1-2-6-10(8)14-12(9)11/h1-7H. The van der Waals surface area contributed by atoms with E-state index in [4.69, 9.17) is 5.53 Å². The Morgan fingerprint density at radius 2 is 2.07 bits per heavy atom. The Bertz CT molecular complexity index is 585. The largest absolute Gasteiger partial charge is 0.361 e. The fourth-order valence-electron chi connectivity index (χ4n) is 1.87. The number of nitrogens with zero attached hydrogens (tertiary/aromatic N) is 3. The first-order valence-corrected chi connectivity index (χ1v) is 4.69. The van der Waals surface area contributed by atoms with E-state index in [2.05, 4.69) is 9.78 Å². The van der Waals surface area contributed by atoms with Crippen molar-refractivity contribution in [1.82, 2.24) is 0 Å². The lowest BCUT2D eigenvalue weighted by molar-refractivity contribution is 0.000255. The summed E-state index contributed by atoms with van der Waals surface area (Å²) in [5.74, 6) is 0. The van der Waals surface area contributed by atoms with Crippen LogP contribution in [-0.2, 0) is 0 Å². The molecule has 3 heteroatoms. The van der Waals surface area contributed by atoms with Crippen LogP contribution in [-0.4, -0.2) is 16.2 Å². The van der Waals surface area contributed by atoms with E-state index in [-0.39, 0.29) is 0 Å². The lowest BCUT2D eigenvalue weighted by Crippen LogP contribution is -2.14. The number of benzene rings is 1. The van der Waals surface area contributed by atoms with Crippen molar-refractivity contribution in [2.75, 3.05) is 0 Å². The van der Waals surface area contributed by atoms with Crippen LogP contribution in [0.2, 0.25) is 0 Å². The maximum absolute atomic E-state index is 8.85. The highest BCUT2D eigenvalue weighted by atomic mass is 14.9. The van der Waals surface area contributed by atoms with E-state index >= 15 is 0 Å². The molecular weight excluding hydrogens is 186 g/mol. The van der Waals surface area contributed by atoms with Crippen LogP contribution in [0, 0.1) is 0 Å². The molecule has 0 N–H and O–H groups in total. The second-order valence-corrected chi connectivity index (χ2v) is 3.40. The van der Waals surface area contributed by atoms with Crippen LogP contribution in [0.1, 0.15) is 5.56 Å². The number of hydrogen-bond acceptors (Lipinski definition) is 1. The van der Waals surface area contributed by atoms with Gasteiger partial charge in [0.1, 0.15) is 0 Å². The zero-order valence-corrected chi connectivity index (χ0v) is 7.88. The van der Waals surface area contributed by atoms with E-state index in [0.717, 1.165) is 22.5 Å². The van der Waals surface area contributed by atoms with Gasteiger partial charge in [-0.2, -0.15) is 4.79 Å². The third-order valence-electron chi connectivity index (χ3n) is 2.55. The summed E-state index contributed by atoms with van der Waals surface area (Å²) >= 11 is 0. The lowest BCUT2D eigenvalue weighted by atomic mass is 9.96. The molecule has 0 atom stereocenters. The molecule has 0 unspecified atom stereocenters. The van der Waals surface area contributed by atoms with Gasteiger partial charge >= 0.3 is 5.71 Å². The molecule has 3 nitrogen and oxygen atoms in total.